The summed E-state index contributed by atoms with van der Waals surface area (Å²) in [7, 11) is 0. The molecule has 2 atom stereocenters. The molecule has 0 saturated carbocycles. The van der Waals surface area contributed by atoms with Gasteiger partial charge in [-0.15, -0.1) is 0 Å². The van der Waals surface area contributed by atoms with E-state index in [1.807, 2.05) is 30.3 Å². The molecule has 1 saturated heterocycles. The Balaban J connectivity index is 1.89. The van der Waals surface area contributed by atoms with Crippen molar-refractivity contribution >= 4 is 5.91 Å². The predicted octanol–water partition coefficient (Wildman–Crippen LogP) is 2.31. The van der Waals surface area contributed by atoms with E-state index in [1.54, 1.807) is 0 Å². The van der Waals surface area contributed by atoms with Crippen LogP contribution in [-0.2, 0) is 4.79 Å². The number of amides is 1. The van der Waals surface area contributed by atoms with Gasteiger partial charge in [0.15, 0.2) is 0 Å². The summed E-state index contributed by atoms with van der Waals surface area (Å²) in [5.74, 6) is 0.625. The molecular formula is C18H29N3O. The Morgan fingerprint density at radius 2 is 2.09 bits per heavy atom. The molecule has 4 nitrogen and oxygen atoms in total. The van der Waals surface area contributed by atoms with E-state index in [-0.39, 0.29) is 11.4 Å². The van der Waals surface area contributed by atoms with Crippen molar-refractivity contribution in [1.82, 2.24) is 10.2 Å². The van der Waals surface area contributed by atoms with E-state index < -0.39 is 6.04 Å². The maximum atomic E-state index is 12.3. The van der Waals surface area contributed by atoms with E-state index in [0.29, 0.717) is 6.54 Å². The van der Waals surface area contributed by atoms with Crippen LogP contribution in [0.1, 0.15) is 45.2 Å². The zero-order valence-corrected chi connectivity index (χ0v) is 14.0. The van der Waals surface area contributed by atoms with Crippen LogP contribution < -0.4 is 11.1 Å². The lowest BCUT2D eigenvalue weighted by atomic mass is 9.93. The highest BCUT2D eigenvalue weighted by molar-refractivity contribution is 5.82. The molecule has 2 unspecified atom stereocenters. The minimum Gasteiger partial charge on any atom is -0.353 e. The van der Waals surface area contributed by atoms with Crippen molar-refractivity contribution in [2.45, 2.75) is 45.2 Å². The number of nitrogens with zero attached hydrogens (tertiary/aromatic N) is 1. The molecule has 2 rings (SSSR count). The molecule has 3 N–H and O–H groups in total. The van der Waals surface area contributed by atoms with Crippen molar-refractivity contribution in [3.05, 3.63) is 35.9 Å². The van der Waals surface area contributed by atoms with Crippen molar-refractivity contribution < 1.29 is 4.79 Å². The quantitative estimate of drug-likeness (QED) is 0.877. The summed E-state index contributed by atoms with van der Waals surface area (Å²) in [6, 6.07) is 8.92. The van der Waals surface area contributed by atoms with Gasteiger partial charge >= 0.3 is 0 Å². The molecule has 4 heteroatoms. The van der Waals surface area contributed by atoms with Crippen LogP contribution in [0.5, 0.6) is 0 Å². The van der Waals surface area contributed by atoms with Crippen molar-refractivity contribution in [2.24, 2.45) is 11.7 Å². The average molecular weight is 303 g/mol. The maximum Gasteiger partial charge on any atom is 0.241 e. The van der Waals surface area contributed by atoms with Gasteiger partial charge in [-0.1, -0.05) is 37.3 Å². The molecule has 0 radical (unpaired) electrons. The minimum absolute atomic E-state index is 0.0409. The number of benzene rings is 1. The Kier molecular flexibility index (Phi) is 5.59. The number of likely N-dealkylation sites (tertiary alicyclic amines) is 1. The fourth-order valence-corrected chi connectivity index (χ4v) is 3.08. The first-order valence-corrected chi connectivity index (χ1v) is 8.23. The number of nitrogens with one attached hydrogen (secondary N) is 1. The molecule has 1 amide bonds. The summed E-state index contributed by atoms with van der Waals surface area (Å²) >= 11 is 0. The highest BCUT2D eigenvalue weighted by Crippen LogP contribution is 2.23. The average Bonchev–Trinajstić information content (AvgIpc) is 2.53. The summed E-state index contributed by atoms with van der Waals surface area (Å²) in [5.41, 5.74) is 6.85. The normalized spacial score (nSPS) is 21.4. The van der Waals surface area contributed by atoms with Crippen molar-refractivity contribution in [1.29, 1.82) is 0 Å². The largest absolute Gasteiger partial charge is 0.353 e. The topological polar surface area (TPSA) is 58.4 Å². The monoisotopic (exact) mass is 303 g/mol. The summed E-state index contributed by atoms with van der Waals surface area (Å²) < 4.78 is 0. The van der Waals surface area contributed by atoms with Gasteiger partial charge in [-0.2, -0.15) is 0 Å². The number of carbonyl (C=O) groups excluding carboxylic acids is 1. The lowest BCUT2D eigenvalue weighted by Crippen LogP contribution is -2.55. The third-order valence-electron chi connectivity index (χ3n) is 4.65. The minimum atomic E-state index is -0.600. The van der Waals surface area contributed by atoms with Gasteiger partial charge in [0.1, 0.15) is 6.04 Å². The zero-order chi connectivity index (χ0) is 16.2. The standard InChI is InChI=1S/C18H29N3O/c1-14-8-7-11-21(12-14)18(2,3)13-20-17(22)16(19)15-9-5-4-6-10-15/h4-6,9-10,14,16H,7-8,11-13,19H2,1-3H3,(H,20,22). The smallest absolute Gasteiger partial charge is 0.241 e. The molecule has 1 aliphatic heterocycles. The summed E-state index contributed by atoms with van der Waals surface area (Å²) in [6.07, 6.45) is 2.54. The van der Waals surface area contributed by atoms with Crippen LogP contribution in [0.25, 0.3) is 0 Å². The maximum absolute atomic E-state index is 12.3. The molecular weight excluding hydrogens is 274 g/mol. The first kappa shape index (κ1) is 17.0. The Labute approximate surface area is 134 Å². The molecule has 122 valence electrons. The molecule has 22 heavy (non-hydrogen) atoms. The van der Waals surface area contributed by atoms with E-state index in [4.69, 9.17) is 5.73 Å². The van der Waals surface area contributed by atoms with Crippen LogP contribution >= 0.6 is 0 Å². The number of piperidine rings is 1. The van der Waals surface area contributed by atoms with E-state index in [0.717, 1.165) is 24.6 Å². The first-order valence-electron chi connectivity index (χ1n) is 8.23. The van der Waals surface area contributed by atoms with Crippen LogP contribution in [0.2, 0.25) is 0 Å². The number of hydrogen-bond donors (Lipinski definition) is 2. The Bertz CT molecular complexity index is 486. The summed E-state index contributed by atoms with van der Waals surface area (Å²) in [4.78, 5) is 14.8. The van der Waals surface area contributed by atoms with Crippen molar-refractivity contribution in [3.8, 4) is 0 Å². The van der Waals surface area contributed by atoms with Crippen molar-refractivity contribution in [3.63, 3.8) is 0 Å². The third-order valence-corrected chi connectivity index (χ3v) is 4.65. The molecule has 1 fully saturated rings. The summed E-state index contributed by atoms with van der Waals surface area (Å²) in [6.45, 7) is 9.52. The van der Waals surface area contributed by atoms with Crippen LogP contribution in [0.3, 0.4) is 0 Å². The van der Waals surface area contributed by atoms with E-state index >= 15 is 0 Å². The van der Waals surface area contributed by atoms with Gasteiger partial charge in [0, 0.05) is 18.6 Å². The third kappa shape index (κ3) is 4.31. The predicted molar refractivity (Wildman–Crippen MR) is 90.4 cm³/mol. The molecule has 1 aliphatic rings. The van der Waals surface area contributed by atoms with Crippen LogP contribution in [-0.4, -0.2) is 36.0 Å². The fourth-order valence-electron chi connectivity index (χ4n) is 3.08. The van der Waals surface area contributed by atoms with Crippen LogP contribution in [0, 0.1) is 5.92 Å². The highest BCUT2D eigenvalue weighted by Gasteiger charge is 2.31. The Morgan fingerprint density at radius 1 is 1.41 bits per heavy atom. The Morgan fingerprint density at radius 3 is 2.73 bits per heavy atom. The zero-order valence-electron chi connectivity index (χ0n) is 14.0. The van der Waals surface area contributed by atoms with Gasteiger partial charge < -0.3 is 11.1 Å². The van der Waals surface area contributed by atoms with Gasteiger partial charge in [0.2, 0.25) is 5.91 Å². The second-order valence-electron chi connectivity index (χ2n) is 7.11. The fraction of sp³-hybridized carbons (Fsp3) is 0.611. The molecule has 0 aliphatic carbocycles. The number of carbonyl (C=O) groups is 1. The van der Waals surface area contributed by atoms with Gasteiger partial charge in [-0.3, -0.25) is 9.69 Å². The molecule has 0 spiro atoms. The molecule has 1 aromatic rings. The van der Waals surface area contributed by atoms with Crippen LogP contribution in [0.15, 0.2) is 30.3 Å². The molecule has 0 bridgehead atoms. The van der Waals surface area contributed by atoms with E-state index in [2.05, 4.69) is 31.0 Å². The van der Waals surface area contributed by atoms with Gasteiger partial charge in [0.05, 0.1) is 0 Å². The Hall–Kier alpha value is -1.39. The van der Waals surface area contributed by atoms with Gasteiger partial charge in [0.25, 0.3) is 0 Å². The van der Waals surface area contributed by atoms with Gasteiger partial charge in [-0.25, -0.2) is 0 Å². The van der Waals surface area contributed by atoms with Gasteiger partial charge in [-0.05, 0) is 44.7 Å². The lowest BCUT2D eigenvalue weighted by molar-refractivity contribution is -0.123. The van der Waals surface area contributed by atoms with Crippen LogP contribution in [0.4, 0.5) is 0 Å². The molecule has 1 aromatic carbocycles. The number of rotatable bonds is 5. The second kappa shape index (κ2) is 7.25. The summed E-state index contributed by atoms with van der Waals surface area (Å²) in [5, 5.41) is 3.03. The van der Waals surface area contributed by atoms with Crippen molar-refractivity contribution in [2.75, 3.05) is 19.6 Å². The number of nitrogens with two attached hydrogens (primary N) is 1. The van der Waals surface area contributed by atoms with E-state index in [9.17, 15) is 4.79 Å². The molecule has 1 heterocycles. The SMILES string of the molecule is CC1CCCN(C(C)(C)CNC(=O)C(N)c2ccccc2)C1. The lowest BCUT2D eigenvalue weighted by Gasteiger charge is -2.43. The second-order valence-corrected chi connectivity index (χ2v) is 7.11. The highest BCUT2D eigenvalue weighted by atomic mass is 16.2. The van der Waals surface area contributed by atoms with E-state index in [1.165, 1.54) is 12.8 Å². The number of hydrogen-bond acceptors (Lipinski definition) is 3. The molecule has 0 aromatic heterocycles. The first-order chi connectivity index (χ1) is 10.4.